The van der Waals surface area contributed by atoms with Crippen molar-refractivity contribution in [1.29, 1.82) is 0 Å². The molecule has 244 valence electrons. The molecule has 2 aliphatic heterocycles. The highest BCUT2D eigenvalue weighted by Gasteiger charge is 2.42. The highest BCUT2D eigenvalue weighted by molar-refractivity contribution is 7.88. The van der Waals surface area contributed by atoms with Crippen LogP contribution in [0.15, 0.2) is 48.1 Å². The molecular weight excluding hydrogens is 625 g/mol. The number of pyridine rings is 1. The quantitative estimate of drug-likeness (QED) is 0.213. The van der Waals surface area contributed by atoms with Crippen LogP contribution >= 0.6 is 11.3 Å². The molecule has 0 bridgehead atoms. The normalized spacial score (nSPS) is 17.7. The van der Waals surface area contributed by atoms with Crippen molar-refractivity contribution in [2.75, 3.05) is 43.9 Å². The fourth-order valence-corrected chi connectivity index (χ4v) is 7.70. The number of carbonyl (C=O) groups excluding carboxylic acids is 2. The van der Waals surface area contributed by atoms with Gasteiger partial charge in [-0.2, -0.15) is 5.10 Å². The Bertz CT molecular complexity index is 1830. The van der Waals surface area contributed by atoms with Gasteiger partial charge in [0.25, 0.3) is 0 Å². The highest BCUT2D eigenvalue weighted by atomic mass is 32.2. The largest absolute Gasteiger partial charge is 0.344 e. The van der Waals surface area contributed by atoms with Gasteiger partial charge in [0.15, 0.2) is 11.4 Å². The van der Waals surface area contributed by atoms with Gasteiger partial charge in [0.2, 0.25) is 15.9 Å². The summed E-state index contributed by atoms with van der Waals surface area (Å²) in [5, 5.41) is 6.53. The Labute approximate surface area is 273 Å². The average molecular weight is 665 g/mol. The van der Waals surface area contributed by atoms with E-state index < -0.39 is 16.1 Å². The van der Waals surface area contributed by atoms with Crippen LogP contribution in [0.1, 0.15) is 50.4 Å². The predicted octanol–water partition coefficient (Wildman–Crippen LogP) is 3.55. The molecule has 0 spiro atoms. The van der Waals surface area contributed by atoms with Gasteiger partial charge < -0.3 is 14.7 Å². The lowest BCUT2D eigenvalue weighted by molar-refractivity contribution is -0.138. The Hall–Kier alpha value is -3.72. The van der Waals surface area contributed by atoms with E-state index in [0.717, 1.165) is 36.3 Å². The number of anilines is 1. The second-order valence-corrected chi connectivity index (χ2v) is 14.8. The molecule has 14 heteroatoms. The molecule has 0 radical (unpaired) electrons. The molecule has 6 rings (SSSR count). The summed E-state index contributed by atoms with van der Waals surface area (Å²) in [6.07, 6.45) is 6.49. The maximum atomic E-state index is 13.7. The van der Waals surface area contributed by atoms with Gasteiger partial charge in [-0.15, -0.1) is 11.3 Å². The van der Waals surface area contributed by atoms with Crippen LogP contribution in [-0.2, 0) is 14.8 Å². The molecule has 0 aromatic carbocycles. The number of aromatic nitrogens is 4. The first-order valence-electron chi connectivity index (χ1n) is 15.7. The van der Waals surface area contributed by atoms with Crippen molar-refractivity contribution >= 4 is 44.5 Å². The summed E-state index contributed by atoms with van der Waals surface area (Å²) in [6, 6.07) is 9.11. The Morgan fingerprint density at radius 2 is 1.91 bits per heavy atom. The zero-order valence-electron chi connectivity index (χ0n) is 26.6. The molecule has 6 heterocycles. The van der Waals surface area contributed by atoms with Gasteiger partial charge in [0.05, 0.1) is 40.3 Å². The van der Waals surface area contributed by atoms with E-state index in [4.69, 9.17) is 9.97 Å². The van der Waals surface area contributed by atoms with Gasteiger partial charge in [-0.05, 0) is 62.5 Å². The number of Topliss-reactive ketones (excluding diaryl/α,β-unsaturated/α-hetero) is 1. The second-order valence-electron chi connectivity index (χ2n) is 12.1. The maximum absolute atomic E-state index is 13.7. The van der Waals surface area contributed by atoms with E-state index in [1.807, 2.05) is 40.7 Å². The zero-order valence-corrected chi connectivity index (χ0v) is 28.2. The fraction of sp³-hybridized carbons (Fsp3) is 0.469. The van der Waals surface area contributed by atoms with E-state index in [0.29, 0.717) is 60.8 Å². The monoisotopic (exact) mass is 664 g/mol. The predicted molar refractivity (Wildman–Crippen MR) is 180 cm³/mol. The number of fused-ring (bicyclic) bond motifs is 1. The average Bonchev–Trinajstić information content (AvgIpc) is 3.67. The third kappa shape index (κ3) is 6.70. The van der Waals surface area contributed by atoms with E-state index in [1.165, 1.54) is 0 Å². The van der Waals surface area contributed by atoms with Gasteiger partial charge in [0, 0.05) is 43.9 Å². The summed E-state index contributed by atoms with van der Waals surface area (Å²) in [6.45, 7) is 9.55. The summed E-state index contributed by atoms with van der Waals surface area (Å²) in [4.78, 5) is 44.1. The fourth-order valence-electron chi connectivity index (χ4n) is 6.25. The smallest absolute Gasteiger partial charge is 0.245 e. The number of amides is 1. The molecule has 2 saturated heterocycles. The van der Waals surface area contributed by atoms with Crippen LogP contribution in [0.25, 0.3) is 27.5 Å². The Balaban J connectivity index is 1.30. The minimum Gasteiger partial charge on any atom is -0.344 e. The number of hydrogen-bond donors (Lipinski definition) is 1. The van der Waals surface area contributed by atoms with Crippen LogP contribution in [0.5, 0.6) is 0 Å². The number of hydrogen-bond acceptors (Lipinski definition) is 10. The standard InChI is InChI=1S/C32H40N8O4S2/c1-5-37(6-2)21(3)9-10-28(41)22-16-26(24-18-33-40-14-11-25(35-31(24)40)29-8-7-15-45-29)34-30(17-22)39-13-12-27(39)32(42)38-19-23(20-38)36-46(4,43)44/h7-8,11,14-18,21,23,27,36H,5-6,9-10,12-13,19-20H2,1-4H3/t21-,27-/m0/s1. The maximum Gasteiger partial charge on any atom is 0.245 e. The molecule has 0 saturated carbocycles. The molecule has 2 aliphatic rings. The minimum absolute atomic E-state index is 0.0217. The van der Waals surface area contributed by atoms with E-state index in [-0.39, 0.29) is 23.8 Å². The summed E-state index contributed by atoms with van der Waals surface area (Å²) in [7, 11) is -3.34. The van der Waals surface area contributed by atoms with Gasteiger partial charge in [-0.25, -0.2) is 27.6 Å². The summed E-state index contributed by atoms with van der Waals surface area (Å²) in [5.74, 6) is 0.514. The number of likely N-dealkylation sites (tertiary alicyclic amines) is 1. The van der Waals surface area contributed by atoms with E-state index in [1.54, 1.807) is 33.0 Å². The van der Waals surface area contributed by atoms with Crippen molar-refractivity contribution in [3.63, 3.8) is 0 Å². The molecule has 12 nitrogen and oxygen atoms in total. The van der Waals surface area contributed by atoms with Crippen molar-refractivity contribution in [1.82, 2.24) is 34.1 Å². The molecule has 4 aromatic heterocycles. The Morgan fingerprint density at radius 3 is 2.57 bits per heavy atom. The number of ketones is 1. The lowest BCUT2D eigenvalue weighted by Gasteiger charge is -2.47. The first kappa shape index (κ1) is 32.2. The third-order valence-corrected chi connectivity index (χ3v) is 10.6. The lowest BCUT2D eigenvalue weighted by atomic mass is 9.97. The minimum atomic E-state index is -3.34. The van der Waals surface area contributed by atoms with Crippen molar-refractivity contribution in [2.24, 2.45) is 0 Å². The van der Waals surface area contributed by atoms with Crippen LogP contribution in [0.2, 0.25) is 0 Å². The summed E-state index contributed by atoms with van der Waals surface area (Å²) < 4.78 is 27.5. The molecule has 0 aliphatic carbocycles. The topological polar surface area (TPSA) is 133 Å². The molecular formula is C32H40N8O4S2. The molecule has 4 aromatic rings. The number of nitrogens with zero attached hydrogens (tertiary/aromatic N) is 7. The van der Waals surface area contributed by atoms with Crippen molar-refractivity contribution in [3.8, 4) is 21.8 Å². The molecule has 1 amide bonds. The lowest BCUT2D eigenvalue weighted by Crippen LogP contribution is -2.66. The van der Waals surface area contributed by atoms with Gasteiger partial charge in [-0.3, -0.25) is 9.59 Å². The van der Waals surface area contributed by atoms with E-state index in [2.05, 4.69) is 35.5 Å². The Kier molecular flexibility index (Phi) is 9.24. The number of nitrogens with one attached hydrogen (secondary N) is 1. The van der Waals surface area contributed by atoms with Crippen LogP contribution in [0.4, 0.5) is 5.82 Å². The van der Waals surface area contributed by atoms with Crippen molar-refractivity contribution in [3.05, 3.63) is 53.7 Å². The van der Waals surface area contributed by atoms with Crippen molar-refractivity contribution < 1.29 is 18.0 Å². The van der Waals surface area contributed by atoms with Crippen LogP contribution < -0.4 is 9.62 Å². The third-order valence-electron chi connectivity index (χ3n) is 8.95. The van der Waals surface area contributed by atoms with Gasteiger partial charge in [-0.1, -0.05) is 19.9 Å². The number of rotatable bonds is 13. The van der Waals surface area contributed by atoms with Crippen LogP contribution in [0, 0.1) is 0 Å². The molecule has 1 N–H and O–H groups in total. The molecule has 2 fully saturated rings. The first-order valence-corrected chi connectivity index (χ1v) is 18.5. The molecule has 2 atom stereocenters. The molecule has 0 unspecified atom stereocenters. The Morgan fingerprint density at radius 1 is 1.13 bits per heavy atom. The zero-order chi connectivity index (χ0) is 32.6. The van der Waals surface area contributed by atoms with Gasteiger partial charge >= 0.3 is 0 Å². The van der Waals surface area contributed by atoms with Gasteiger partial charge in [0.1, 0.15) is 11.9 Å². The summed E-state index contributed by atoms with van der Waals surface area (Å²) in [5.41, 5.74) is 3.27. The number of sulfonamides is 1. The summed E-state index contributed by atoms with van der Waals surface area (Å²) >= 11 is 1.61. The first-order chi connectivity index (χ1) is 22.0. The van der Waals surface area contributed by atoms with Crippen LogP contribution in [-0.4, -0.2) is 107 Å². The van der Waals surface area contributed by atoms with Crippen molar-refractivity contribution in [2.45, 2.75) is 58.2 Å². The van der Waals surface area contributed by atoms with E-state index in [9.17, 15) is 18.0 Å². The number of carbonyl (C=O) groups is 2. The SMILES string of the molecule is CCN(CC)[C@@H](C)CCC(=O)c1cc(-c2cnn3ccc(-c4cccs4)nc23)nc(N2CC[C@H]2C(=O)N2CC(NS(C)(=O)=O)C2)c1. The number of thiophene rings is 1. The molecule has 46 heavy (non-hydrogen) atoms. The highest BCUT2D eigenvalue weighted by Crippen LogP contribution is 2.33. The van der Waals surface area contributed by atoms with Crippen LogP contribution in [0.3, 0.4) is 0 Å². The van der Waals surface area contributed by atoms with E-state index >= 15 is 0 Å². The second kappa shape index (κ2) is 13.2.